The molecule has 2 atom stereocenters. The Bertz CT molecular complexity index is 841. The van der Waals surface area contributed by atoms with Crippen molar-refractivity contribution in [1.82, 2.24) is 10.2 Å². The molecule has 0 spiro atoms. The molecule has 6 nitrogen and oxygen atoms in total. The van der Waals surface area contributed by atoms with E-state index in [-0.39, 0.29) is 17.9 Å². The fourth-order valence-corrected chi connectivity index (χ4v) is 3.98. The number of ether oxygens (including phenoxy) is 2. The number of rotatable bonds is 9. The van der Waals surface area contributed by atoms with E-state index in [2.05, 4.69) is 5.32 Å². The predicted octanol–water partition coefficient (Wildman–Crippen LogP) is 3.38. The summed E-state index contributed by atoms with van der Waals surface area (Å²) < 4.78 is 10.3. The first-order valence-electron chi connectivity index (χ1n) is 9.30. The first kappa shape index (κ1) is 22.8. The van der Waals surface area contributed by atoms with Gasteiger partial charge in [-0.15, -0.1) is 11.8 Å². The van der Waals surface area contributed by atoms with Crippen LogP contribution in [0.1, 0.15) is 28.9 Å². The smallest absolute Gasteiger partial charge is 0.318 e. The molecular formula is C22H28N2O4S. The molecule has 1 N–H and O–H groups in total. The third-order valence-electron chi connectivity index (χ3n) is 4.55. The van der Waals surface area contributed by atoms with E-state index in [0.29, 0.717) is 12.1 Å². The lowest BCUT2D eigenvalue weighted by molar-refractivity contribution is -0.139. The molecule has 29 heavy (non-hydrogen) atoms. The molecule has 0 heterocycles. The van der Waals surface area contributed by atoms with Crippen LogP contribution in [0.15, 0.2) is 53.4 Å². The highest BCUT2D eigenvalue weighted by molar-refractivity contribution is 8.00. The summed E-state index contributed by atoms with van der Waals surface area (Å²) in [5.41, 5.74) is 1.54. The van der Waals surface area contributed by atoms with E-state index in [1.54, 1.807) is 20.1 Å². The van der Waals surface area contributed by atoms with Crippen molar-refractivity contribution in [2.45, 2.75) is 23.1 Å². The van der Waals surface area contributed by atoms with E-state index in [4.69, 9.17) is 9.47 Å². The van der Waals surface area contributed by atoms with E-state index in [0.717, 1.165) is 16.2 Å². The molecule has 0 bridgehead atoms. The van der Waals surface area contributed by atoms with Crippen molar-refractivity contribution in [2.75, 3.05) is 34.9 Å². The highest BCUT2D eigenvalue weighted by Gasteiger charge is 2.22. The maximum atomic E-state index is 12.9. The molecule has 0 aliphatic carbocycles. The highest BCUT2D eigenvalue weighted by Crippen LogP contribution is 2.29. The van der Waals surface area contributed by atoms with Crippen LogP contribution >= 0.6 is 11.8 Å². The van der Waals surface area contributed by atoms with E-state index in [9.17, 15) is 9.59 Å². The molecule has 0 fully saturated rings. The Morgan fingerprint density at radius 1 is 1.07 bits per heavy atom. The number of hydrogen-bond acceptors (Lipinski definition) is 6. The lowest BCUT2D eigenvalue weighted by Gasteiger charge is -2.26. The summed E-state index contributed by atoms with van der Waals surface area (Å²) >= 11 is 1.31. The van der Waals surface area contributed by atoms with Gasteiger partial charge in [0.1, 0.15) is 11.0 Å². The molecule has 7 heteroatoms. The zero-order valence-corrected chi connectivity index (χ0v) is 18.3. The number of benzene rings is 2. The van der Waals surface area contributed by atoms with Gasteiger partial charge in [-0.1, -0.05) is 30.3 Å². The Kier molecular flexibility index (Phi) is 8.54. The molecule has 2 aromatic rings. The maximum absolute atomic E-state index is 12.9. The molecule has 0 aromatic heterocycles. The summed E-state index contributed by atoms with van der Waals surface area (Å²) in [5.74, 6) is 0.268. The summed E-state index contributed by atoms with van der Waals surface area (Å²) in [6.07, 6.45) is 0. The van der Waals surface area contributed by atoms with Crippen LogP contribution < -0.4 is 10.1 Å². The van der Waals surface area contributed by atoms with Crippen LogP contribution in [0, 0.1) is 0 Å². The SMILES string of the molecule is COC(=O)C(C)Sc1ccccc1C(=O)NCC(c1ccccc1OC)N(C)C. The second kappa shape index (κ2) is 10.9. The zero-order chi connectivity index (χ0) is 21.4. The maximum Gasteiger partial charge on any atom is 0.318 e. The van der Waals surface area contributed by atoms with Gasteiger partial charge in [0.2, 0.25) is 0 Å². The van der Waals surface area contributed by atoms with Gasteiger partial charge in [-0.2, -0.15) is 0 Å². The van der Waals surface area contributed by atoms with Gasteiger partial charge in [-0.3, -0.25) is 9.59 Å². The van der Waals surface area contributed by atoms with E-state index < -0.39 is 5.25 Å². The highest BCUT2D eigenvalue weighted by atomic mass is 32.2. The van der Waals surface area contributed by atoms with Gasteiger partial charge in [0.25, 0.3) is 5.91 Å². The number of amides is 1. The minimum absolute atomic E-state index is 0.0519. The normalized spacial score (nSPS) is 12.9. The van der Waals surface area contributed by atoms with Crippen LogP contribution in [0.2, 0.25) is 0 Å². The number of carbonyl (C=O) groups is 2. The van der Waals surface area contributed by atoms with E-state index >= 15 is 0 Å². The predicted molar refractivity (Wildman–Crippen MR) is 116 cm³/mol. The summed E-state index contributed by atoms with van der Waals surface area (Å²) in [5, 5.41) is 2.62. The van der Waals surface area contributed by atoms with Gasteiger partial charge in [0, 0.05) is 17.0 Å². The average molecular weight is 417 g/mol. The Hall–Kier alpha value is -2.51. The minimum Gasteiger partial charge on any atom is -0.496 e. The number of hydrogen-bond donors (Lipinski definition) is 1. The third-order valence-corrected chi connectivity index (χ3v) is 5.70. The molecule has 1 amide bonds. The Balaban J connectivity index is 2.16. The first-order valence-corrected chi connectivity index (χ1v) is 10.2. The van der Waals surface area contributed by atoms with Crippen molar-refractivity contribution in [3.63, 3.8) is 0 Å². The number of methoxy groups -OCH3 is 2. The number of nitrogens with one attached hydrogen (secondary N) is 1. The van der Waals surface area contributed by atoms with Crippen LogP contribution in [-0.4, -0.2) is 56.9 Å². The first-order chi connectivity index (χ1) is 13.9. The van der Waals surface area contributed by atoms with Crippen molar-refractivity contribution in [1.29, 1.82) is 0 Å². The molecule has 2 unspecified atom stereocenters. The summed E-state index contributed by atoms with van der Waals surface area (Å²) in [6.45, 7) is 2.17. The van der Waals surface area contributed by atoms with Crippen LogP contribution in [0.25, 0.3) is 0 Å². The molecular weight excluding hydrogens is 388 g/mol. The Morgan fingerprint density at radius 3 is 2.38 bits per heavy atom. The van der Waals surface area contributed by atoms with Crippen LogP contribution in [0.4, 0.5) is 0 Å². The number of nitrogens with zero attached hydrogens (tertiary/aromatic N) is 1. The molecule has 0 saturated carbocycles. The number of thioether (sulfide) groups is 1. The van der Waals surface area contributed by atoms with Crippen molar-refractivity contribution < 1.29 is 19.1 Å². The Morgan fingerprint density at radius 2 is 1.72 bits per heavy atom. The molecule has 156 valence electrons. The summed E-state index contributed by atoms with van der Waals surface area (Å²) in [4.78, 5) is 27.4. The van der Waals surface area contributed by atoms with Crippen molar-refractivity contribution >= 4 is 23.6 Å². The number of para-hydroxylation sites is 1. The topological polar surface area (TPSA) is 67.9 Å². The minimum atomic E-state index is -0.406. The van der Waals surface area contributed by atoms with Gasteiger partial charge in [-0.05, 0) is 39.2 Å². The molecule has 2 rings (SSSR count). The van der Waals surface area contributed by atoms with Crippen molar-refractivity contribution in [3.05, 3.63) is 59.7 Å². The fraction of sp³-hybridized carbons (Fsp3) is 0.364. The quantitative estimate of drug-likeness (QED) is 0.499. The second-order valence-electron chi connectivity index (χ2n) is 6.71. The van der Waals surface area contributed by atoms with Gasteiger partial charge >= 0.3 is 5.97 Å². The molecule has 0 aliphatic rings. The molecule has 2 aromatic carbocycles. The largest absolute Gasteiger partial charge is 0.496 e. The lowest BCUT2D eigenvalue weighted by Crippen LogP contribution is -2.35. The van der Waals surface area contributed by atoms with Gasteiger partial charge in [0.05, 0.1) is 25.8 Å². The molecule has 0 aliphatic heterocycles. The molecule has 0 radical (unpaired) electrons. The fourth-order valence-electron chi connectivity index (χ4n) is 2.96. The third kappa shape index (κ3) is 5.98. The number of carbonyl (C=O) groups excluding carboxylic acids is 2. The lowest BCUT2D eigenvalue weighted by atomic mass is 10.0. The van der Waals surface area contributed by atoms with Crippen molar-refractivity contribution in [2.24, 2.45) is 0 Å². The van der Waals surface area contributed by atoms with Crippen LogP contribution in [0.5, 0.6) is 5.75 Å². The zero-order valence-electron chi connectivity index (χ0n) is 17.5. The number of likely N-dealkylation sites (N-methyl/N-ethyl adjacent to an activating group) is 1. The summed E-state index contributed by atoms with van der Waals surface area (Å²) in [7, 11) is 6.92. The average Bonchev–Trinajstić information content (AvgIpc) is 2.73. The number of esters is 1. The second-order valence-corrected chi connectivity index (χ2v) is 8.09. The standard InChI is InChI=1S/C22H28N2O4S/c1-15(22(26)28-5)29-20-13-9-7-11-17(20)21(25)23-14-18(24(2)3)16-10-6-8-12-19(16)27-4/h6-13,15,18H,14H2,1-5H3,(H,23,25). The van der Waals surface area contributed by atoms with Gasteiger partial charge in [0.15, 0.2) is 0 Å². The Labute approximate surface area is 176 Å². The van der Waals surface area contributed by atoms with Crippen LogP contribution in [-0.2, 0) is 9.53 Å². The summed E-state index contributed by atoms with van der Waals surface area (Å²) in [6, 6.07) is 15.0. The van der Waals surface area contributed by atoms with Gasteiger partial charge in [-0.25, -0.2) is 0 Å². The molecule has 0 saturated heterocycles. The van der Waals surface area contributed by atoms with E-state index in [1.165, 1.54) is 18.9 Å². The monoisotopic (exact) mass is 416 g/mol. The van der Waals surface area contributed by atoms with E-state index in [1.807, 2.05) is 61.5 Å². The van der Waals surface area contributed by atoms with Gasteiger partial charge < -0.3 is 19.7 Å². The van der Waals surface area contributed by atoms with Crippen LogP contribution in [0.3, 0.4) is 0 Å². The van der Waals surface area contributed by atoms with Crippen molar-refractivity contribution in [3.8, 4) is 5.75 Å².